The average Bonchev–Trinajstić information content (AvgIpc) is 3.17. The molecule has 1 aliphatic rings. The lowest BCUT2D eigenvalue weighted by atomic mass is 10.1. The molecule has 0 radical (unpaired) electrons. The third-order valence-electron chi connectivity index (χ3n) is 5.32. The summed E-state index contributed by atoms with van der Waals surface area (Å²) < 4.78 is 12.5. The Morgan fingerprint density at radius 3 is 2.37 bits per heavy atom. The Bertz CT molecular complexity index is 1250. The Labute approximate surface area is 200 Å². The molecule has 182 valence electrons. The van der Waals surface area contributed by atoms with Crippen LogP contribution in [0.4, 0.5) is 0 Å². The van der Waals surface area contributed by atoms with Crippen molar-refractivity contribution in [3.05, 3.63) is 69.0 Å². The summed E-state index contributed by atoms with van der Waals surface area (Å²) in [6, 6.07) is 8.69. The number of hydrogen-bond donors (Lipinski definition) is 2. The minimum Gasteiger partial charge on any atom is -0.394 e. The second-order valence-electron chi connectivity index (χ2n) is 7.52. The second-order valence-corrected chi connectivity index (χ2v) is 7.52. The van der Waals surface area contributed by atoms with E-state index in [1.807, 2.05) is 0 Å². The van der Waals surface area contributed by atoms with Crippen molar-refractivity contribution < 1.29 is 29.3 Å². The van der Waals surface area contributed by atoms with Gasteiger partial charge in [-0.25, -0.2) is 4.79 Å². The van der Waals surface area contributed by atoms with Gasteiger partial charge in [-0.15, -0.1) is 12.8 Å². The van der Waals surface area contributed by atoms with Crippen LogP contribution in [-0.2, 0) is 14.3 Å². The standard InChI is InChI=1S/C24H23N3O8/c1-3-11-25(12-4-2)19(30)15-34-21-20(31)17(14-28)35-23(21)26-13-10-18(29)27(24(26)33)22(32)16-8-6-5-7-9-16/h1-2,5-10,13,17,20-21,23,28,31H,11-12,14-15H2/t17-,20-,21-,23-/m1/s1. The summed E-state index contributed by atoms with van der Waals surface area (Å²) in [5.74, 6) is 3.17. The molecule has 11 nitrogen and oxygen atoms in total. The topological polar surface area (TPSA) is 140 Å². The molecule has 1 amide bonds. The molecule has 0 spiro atoms. The molecule has 1 saturated heterocycles. The van der Waals surface area contributed by atoms with Gasteiger partial charge in [0.2, 0.25) is 5.91 Å². The van der Waals surface area contributed by atoms with Gasteiger partial charge in [0.25, 0.3) is 11.5 Å². The summed E-state index contributed by atoms with van der Waals surface area (Å²) >= 11 is 0. The third kappa shape index (κ3) is 5.40. The van der Waals surface area contributed by atoms with Crippen LogP contribution in [0, 0.1) is 24.7 Å². The third-order valence-corrected chi connectivity index (χ3v) is 5.32. The first-order valence-electron chi connectivity index (χ1n) is 10.5. The van der Waals surface area contributed by atoms with Crippen LogP contribution in [0.25, 0.3) is 0 Å². The van der Waals surface area contributed by atoms with Gasteiger partial charge >= 0.3 is 5.69 Å². The molecular weight excluding hydrogens is 458 g/mol. The van der Waals surface area contributed by atoms with E-state index >= 15 is 0 Å². The predicted molar refractivity (Wildman–Crippen MR) is 122 cm³/mol. The molecule has 35 heavy (non-hydrogen) atoms. The van der Waals surface area contributed by atoms with E-state index in [0.29, 0.717) is 4.57 Å². The van der Waals surface area contributed by atoms with Crippen molar-refractivity contribution in [3.8, 4) is 24.7 Å². The number of aliphatic hydroxyl groups is 2. The van der Waals surface area contributed by atoms with Crippen LogP contribution in [0.15, 0.2) is 52.2 Å². The quantitative estimate of drug-likeness (QED) is 0.431. The summed E-state index contributed by atoms with van der Waals surface area (Å²) in [4.78, 5) is 52.0. The highest BCUT2D eigenvalue weighted by atomic mass is 16.6. The van der Waals surface area contributed by atoms with E-state index in [0.717, 1.165) is 16.8 Å². The Morgan fingerprint density at radius 1 is 1.11 bits per heavy atom. The zero-order chi connectivity index (χ0) is 25.5. The minimum absolute atomic E-state index is 0.0647. The molecule has 0 unspecified atom stereocenters. The largest absolute Gasteiger partial charge is 0.394 e. The summed E-state index contributed by atoms with van der Waals surface area (Å²) in [5.41, 5.74) is -1.82. The number of aliphatic hydroxyl groups excluding tert-OH is 2. The first-order chi connectivity index (χ1) is 16.8. The highest BCUT2D eigenvalue weighted by Crippen LogP contribution is 2.30. The van der Waals surface area contributed by atoms with Crippen molar-refractivity contribution in [1.82, 2.24) is 14.0 Å². The van der Waals surface area contributed by atoms with Crippen LogP contribution in [0.3, 0.4) is 0 Å². The Kier molecular flexibility index (Phi) is 8.36. The number of carbonyl (C=O) groups is 2. The van der Waals surface area contributed by atoms with Crippen molar-refractivity contribution in [2.45, 2.75) is 24.5 Å². The molecule has 0 aliphatic carbocycles. The van der Waals surface area contributed by atoms with Crippen molar-refractivity contribution in [1.29, 1.82) is 0 Å². The van der Waals surface area contributed by atoms with Gasteiger partial charge in [0.05, 0.1) is 19.7 Å². The molecule has 2 N–H and O–H groups in total. The van der Waals surface area contributed by atoms with E-state index in [1.165, 1.54) is 17.0 Å². The average molecular weight is 481 g/mol. The molecule has 1 aliphatic heterocycles. The molecule has 3 rings (SSSR count). The molecule has 0 bridgehead atoms. The normalized spacial score (nSPS) is 21.1. The van der Waals surface area contributed by atoms with Crippen LogP contribution in [-0.4, -0.2) is 80.7 Å². The lowest BCUT2D eigenvalue weighted by Gasteiger charge is -2.24. The predicted octanol–water partition coefficient (Wildman–Crippen LogP) is -1.57. The monoisotopic (exact) mass is 481 g/mol. The van der Waals surface area contributed by atoms with Gasteiger partial charge in [-0.05, 0) is 12.1 Å². The van der Waals surface area contributed by atoms with Crippen LogP contribution in [0.2, 0.25) is 0 Å². The van der Waals surface area contributed by atoms with Crippen LogP contribution >= 0.6 is 0 Å². The zero-order valence-electron chi connectivity index (χ0n) is 18.5. The van der Waals surface area contributed by atoms with Crippen molar-refractivity contribution in [2.24, 2.45) is 0 Å². The number of hydrogen-bond acceptors (Lipinski definition) is 8. The number of benzene rings is 1. The van der Waals surface area contributed by atoms with Gasteiger partial charge in [0.15, 0.2) is 6.23 Å². The number of nitrogens with zero attached hydrogens (tertiary/aromatic N) is 3. The lowest BCUT2D eigenvalue weighted by Crippen LogP contribution is -2.47. The van der Waals surface area contributed by atoms with Gasteiger partial charge in [-0.1, -0.05) is 30.0 Å². The molecule has 2 aromatic rings. The van der Waals surface area contributed by atoms with E-state index in [1.54, 1.807) is 18.2 Å². The maximum absolute atomic E-state index is 13.2. The van der Waals surface area contributed by atoms with Gasteiger partial charge in [-0.3, -0.25) is 19.0 Å². The SMILES string of the molecule is C#CCN(CC#C)C(=O)CO[C@@H]1[C@H](O)[C@@H](CO)O[C@H]1n1ccc(=O)n(C(=O)c2ccccc2)c1=O. The van der Waals surface area contributed by atoms with Gasteiger partial charge in [-0.2, -0.15) is 4.57 Å². The van der Waals surface area contributed by atoms with Crippen LogP contribution in [0.1, 0.15) is 16.6 Å². The summed E-state index contributed by atoms with van der Waals surface area (Å²) in [6.07, 6.45) is 6.29. The second kappa shape index (κ2) is 11.4. The number of amides is 1. The van der Waals surface area contributed by atoms with Crippen molar-refractivity contribution in [3.63, 3.8) is 0 Å². The van der Waals surface area contributed by atoms with Crippen LogP contribution in [0.5, 0.6) is 0 Å². The molecule has 1 fully saturated rings. The van der Waals surface area contributed by atoms with Crippen molar-refractivity contribution >= 4 is 11.8 Å². The lowest BCUT2D eigenvalue weighted by molar-refractivity contribution is -0.142. The number of terminal acetylenes is 2. The first-order valence-corrected chi connectivity index (χ1v) is 10.5. The van der Waals surface area contributed by atoms with E-state index in [-0.39, 0.29) is 18.7 Å². The molecule has 2 heterocycles. The fourth-order valence-electron chi connectivity index (χ4n) is 3.57. The van der Waals surface area contributed by atoms with Gasteiger partial charge < -0.3 is 24.6 Å². The summed E-state index contributed by atoms with van der Waals surface area (Å²) in [7, 11) is 0. The number of rotatable bonds is 8. The highest BCUT2D eigenvalue weighted by Gasteiger charge is 2.46. The van der Waals surface area contributed by atoms with E-state index in [2.05, 4.69) is 11.8 Å². The van der Waals surface area contributed by atoms with E-state index in [9.17, 15) is 29.4 Å². The van der Waals surface area contributed by atoms with E-state index in [4.69, 9.17) is 22.3 Å². The maximum atomic E-state index is 13.2. The maximum Gasteiger partial charge on any atom is 0.340 e. The highest BCUT2D eigenvalue weighted by molar-refractivity contribution is 5.95. The molecule has 1 aromatic heterocycles. The van der Waals surface area contributed by atoms with E-state index < -0.39 is 60.8 Å². The van der Waals surface area contributed by atoms with Crippen LogP contribution < -0.4 is 11.2 Å². The smallest absolute Gasteiger partial charge is 0.340 e. The van der Waals surface area contributed by atoms with Gasteiger partial charge in [0.1, 0.15) is 24.9 Å². The Morgan fingerprint density at radius 2 is 1.77 bits per heavy atom. The summed E-state index contributed by atoms with van der Waals surface area (Å²) in [5, 5.41) is 20.2. The van der Waals surface area contributed by atoms with Gasteiger partial charge in [0, 0.05) is 17.8 Å². The molecule has 4 atom stereocenters. The number of aromatic nitrogens is 2. The number of ether oxygens (including phenoxy) is 2. The first kappa shape index (κ1) is 25.6. The molecule has 0 saturated carbocycles. The molecular formula is C24H23N3O8. The summed E-state index contributed by atoms with van der Waals surface area (Å²) in [6.45, 7) is -1.32. The molecule has 11 heteroatoms. The molecule has 1 aromatic carbocycles. The van der Waals surface area contributed by atoms with Crippen molar-refractivity contribution in [2.75, 3.05) is 26.3 Å². The Balaban J connectivity index is 1.93. The minimum atomic E-state index is -1.44. The number of carbonyl (C=O) groups excluding carboxylic acids is 2. The fourth-order valence-corrected chi connectivity index (χ4v) is 3.57. The zero-order valence-corrected chi connectivity index (χ0v) is 18.5. The fraction of sp³-hybridized carbons (Fsp3) is 0.333. The Hall–Kier alpha value is -4.00.